The zero-order valence-electron chi connectivity index (χ0n) is 15.1. The molecule has 1 unspecified atom stereocenters. The molecule has 4 atom stereocenters. The molecule has 0 aliphatic heterocycles. The Morgan fingerprint density at radius 2 is 1.95 bits per heavy atom. The summed E-state index contributed by atoms with van der Waals surface area (Å²) in [4.78, 5) is 12.6. The topological polar surface area (TPSA) is 37.3 Å². The van der Waals surface area contributed by atoms with Gasteiger partial charge in [0, 0.05) is 12.3 Å². The summed E-state index contributed by atoms with van der Waals surface area (Å²) in [6.45, 7) is 10.5. The molecular weight excluding hydrogens is 272 g/mol. The first-order chi connectivity index (χ1) is 10.1. The van der Waals surface area contributed by atoms with Gasteiger partial charge in [0.1, 0.15) is 5.78 Å². The number of allylic oxidation sites excluding steroid dienone is 2. The van der Waals surface area contributed by atoms with Crippen molar-refractivity contribution < 1.29 is 9.90 Å². The second-order valence-electron chi connectivity index (χ2n) is 8.77. The number of hydrogen-bond donors (Lipinski definition) is 1. The number of rotatable bonds is 1. The highest BCUT2D eigenvalue weighted by Gasteiger charge is 2.50. The monoisotopic (exact) mass is 306 g/mol. The molecule has 0 amide bonds. The molecule has 1 N–H and O–H groups in total. The van der Waals surface area contributed by atoms with Crippen LogP contribution in [-0.2, 0) is 4.79 Å². The third kappa shape index (κ3) is 3.82. The van der Waals surface area contributed by atoms with Crippen molar-refractivity contribution in [2.45, 2.75) is 85.2 Å². The van der Waals surface area contributed by atoms with Crippen LogP contribution in [0.25, 0.3) is 0 Å². The van der Waals surface area contributed by atoms with E-state index in [0.29, 0.717) is 24.0 Å². The molecule has 1 fully saturated rings. The fourth-order valence-electron chi connectivity index (χ4n) is 4.77. The zero-order chi connectivity index (χ0) is 16.5. The van der Waals surface area contributed by atoms with Gasteiger partial charge in [0.05, 0.1) is 5.60 Å². The van der Waals surface area contributed by atoms with Crippen molar-refractivity contribution in [3.05, 3.63) is 11.6 Å². The molecule has 0 bridgehead atoms. The third-order valence-corrected chi connectivity index (χ3v) is 6.38. The number of carbonyl (C=O) groups excluding carboxylic acids is 1. The van der Waals surface area contributed by atoms with E-state index in [2.05, 4.69) is 26.8 Å². The van der Waals surface area contributed by atoms with Crippen molar-refractivity contribution in [2.75, 3.05) is 0 Å². The van der Waals surface area contributed by atoms with Crippen LogP contribution in [-0.4, -0.2) is 16.5 Å². The lowest BCUT2D eigenvalue weighted by molar-refractivity contribution is -0.125. The largest absolute Gasteiger partial charge is 0.390 e. The van der Waals surface area contributed by atoms with Crippen LogP contribution in [0.15, 0.2) is 11.6 Å². The molecule has 2 heteroatoms. The van der Waals surface area contributed by atoms with Gasteiger partial charge in [0.25, 0.3) is 0 Å². The summed E-state index contributed by atoms with van der Waals surface area (Å²) < 4.78 is 0. The van der Waals surface area contributed by atoms with Crippen molar-refractivity contribution in [1.29, 1.82) is 0 Å². The van der Waals surface area contributed by atoms with Crippen LogP contribution in [0.1, 0.15) is 79.6 Å². The number of hydrogen-bond acceptors (Lipinski definition) is 2. The molecule has 126 valence electrons. The highest BCUT2D eigenvalue weighted by atomic mass is 16.3. The summed E-state index contributed by atoms with van der Waals surface area (Å²) in [7, 11) is 0. The van der Waals surface area contributed by atoms with Gasteiger partial charge in [-0.1, -0.05) is 25.5 Å². The first-order valence-electron chi connectivity index (χ1n) is 9.04. The van der Waals surface area contributed by atoms with Crippen molar-refractivity contribution in [1.82, 2.24) is 0 Å². The molecular formula is C20H34O2. The first-order valence-corrected chi connectivity index (χ1v) is 9.04. The Morgan fingerprint density at radius 3 is 2.59 bits per heavy atom. The summed E-state index contributed by atoms with van der Waals surface area (Å²) >= 11 is 0. The van der Waals surface area contributed by atoms with E-state index < -0.39 is 5.60 Å². The lowest BCUT2D eigenvalue weighted by atomic mass is 9.67. The van der Waals surface area contributed by atoms with Crippen LogP contribution in [0.5, 0.6) is 0 Å². The SMILES string of the molecule is C/C1=C\CCC(C)C(=O)C[C@@]2(C)CC[C@@H](C(C)(C)O)[C@@H]2CC1. The molecule has 1 saturated carbocycles. The van der Waals surface area contributed by atoms with E-state index in [0.717, 1.165) is 38.5 Å². The Hall–Kier alpha value is -0.630. The molecule has 2 nitrogen and oxygen atoms in total. The Bertz CT molecular complexity index is 443. The lowest BCUT2D eigenvalue weighted by Gasteiger charge is -2.38. The number of ketones is 1. The molecule has 22 heavy (non-hydrogen) atoms. The van der Waals surface area contributed by atoms with Crippen molar-refractivity contribution in [2.24, 2.45) is 23.2 Å². The molecule has 2 aliphatic rings. The maximum atomic E-state index is 12.6. The van der Waals surface area contributed by atoms with Crippen LogP contribution >= 0.6 is 0 Å². The lowest BCUT2D eigenvalue weighted by Crippen LogP contribution is -2.38. The number of Topliss-reactive ketones (excluding diaryl/α,β-unsaturated/α-hetero) is 1. The minimum absolute atomic E-state index is 0.0701. The van der Waals surface area contributed by atoms with Crippen LogP contribution < -0.4 is 0 Å². The first kappa shape index (κ1) is 17.7. The summed E-state index contributed by atoms with van der Waals surface area (Å²) in [5, 5.41) is 10.6. The van der Waals surface area contributed by atoms with Crippen LogP contribution in [0, 0.1) is 23.2 Å². The van der Waals surface area contributed by atoms with Crippen molar-refractivity contribution in [3.8, 4) is 0 Å². The van der Waals surface area contributed by atoms with Gasteiger partial charge in [-0.15, -0.1) is 0 Å². The number of fused-ring (bicyclic) bond motifs is 1. The highest BCUT2D eigenvalue weighted by molar-refractivity contribution is 5.81. The van der Waals surface area contributed by atoms with Gasteiger partial charge >= 0.3 is 0 Å². The predicted molar refractivity (Wildman–Crippen MR) is 91.6 cm³/mol. The fraction of sp³-hybridized carbons (Fsp3) is 0.850. The predicted octanol–water partition coefficient (Wildman–Crippen LogP) is 4.91. The minimum atomic E-state index is -0.644. The van der Waals surface area contributed by atoms with E-state index >= 15 is 0 Å². The van der Waals surface area contributed by atoms with Gasteiger partial charge in [-0.2, -0.15) is 0 Å². The van der Waals surface area contributed by atoms with E-state index in [9.17, 15) is 9.90 Å². The van der Waals surface area contributed by atoms with Crippen molar-refractivity contribution in [3.63, 3.8) is 0 Å². The van der Waals surface area contributed by atoms with E-state index in [1.807, 2.05) is 13.8 Å². The average molecular weight is 306 g/mol. The quantitative estimate of drug-likeness (QED) is 0.699. The van der Waals surface area contributed by atoms with E-state index in [1.54, 1.807) is 0 Å². The van der Waals surface area contributed by atoms with Gasteiger partial charge in [-0.25, -0.2) is 0 Å². The number of carbonyl (C=O) groups is 1. The van der Waals surface area contributed by atoms with Gasteiger partial charge in [0.2, 0.25) is 0 Å². The molecule has 0 aromatic carbocycles. The third-order valence-electron chi connectivity index (χ3n) is 6.38. The second kappa shape index (κ2) is 6.47. The van der Waals surface area contributed by atoms with E-state index in [1.165, 1.54) is 5.57 Å². The Morgan fingerprint density at radius 1 is 1.27 bits per heavy atom. The summed E-state index contributed by atoms with van der Waals surface area (Å²) in [6, 6.07) is 0. The molecule has 0 heterocycles. The molecule has 0 radical (unpaired) electrons. The second-order valence-corrected chi connectivity index (χ2v) is 8.77. The minimum Gasteiger partial charge on any atom is -0.390 e. The van der Waals surface area contributed by atoms with Gasteiger partial charge in [0.15, 0.2) is 0 Å². The molecule has 0 spiro atoms. The summed E-state index contributed by atoms with van der Waals surface area (Å²) in [5.41, 5.74) is 0.875. The normalized spacial score (nSPS) is 40.5. The van der Waals surface area contributed by atoms with Crippen LogP contribution in [0.4, 0.5) is 0 Å². The Balaban J connectivity index is 2.30. The zero-order valence-corrected chi connectivity index (χ0v) is 15.1. The highest BCUT2D eigenvalue weighted by Crippen LogP contribution is 2.55. The summed E-state index contributed by atoms with van der Waals surface area (Å²) in [6.07, 6.45) is 9.36. The standard InChI is InChI=1S/C20H34O2/c1-14-7-6-8-15(2)18(21)13-20(5)12-11-16(19(3,4)22)17(20)10-9-14/h7,15-17,22H,6,8-13H2,1-5H3/b14-7+/t15?,16-,17+,20-/m1/s1. The smallest absolute Gasteiger partial charge is 0.136 e. The van der Waals surface area contributed by atoms with Crippen LogP contribution in [0.3, 0.4) is 0 Å². The molecule has 2 rings (SSSR count). The Kier molecular flexibility index (Phi) is 5.21. The molecule has 2 aliphatic carbocycles. The van der Waals surface area contributed by atoms with Gasteiger partial charge in [-0.05, 0) is 76.5 Å². The fourth-order valence-corrected chi connectivity index (χ4v) is 4.77. The number of aliphatic hydroxyl groups is 1. The van der Waals surface area contributed by atoms with Gasteiger partial charge in [-0.3, -0.25) is 4.79 Å². The van der Waals surface area contributed by atoms with E-state index in [4.69, 9.17) is 0 Å². The molecule has 0 aromatic rings. The van der Waals surface area contributed by atoms with E-state index in [-0.39, 0.29) is 11.3 Å². The summed E-state index contributed by atoms with van der Waals surface area (Å²) in [5.74, 6) is 1.36. The maximum absolute atomic E-state index is 12.6. The molecule has 0 saturated heterocycles. The van der Waals surface area contributed by atoms with Crippen molar-refractivity contribution >= 4 is 5.78 Å². The Labute approximate surface area is 136 Å². The van der Waals surface area contributed by atoms with Crippen LogP contribution in [0.2, 0.25) is 0 Å². The molecule has 0 aromatic heterocycles. The average Bonchev–Trinajstić information content (AvgIpc) is 2.71. The maximum Gasteiger partial charge on any atom is 0.136 e. The van der Waals surface area contributed by atoms with Gasteiger partial charge < -0.3 is 5.11 Å².